The third-order valence-corrected chi connectivity index (χ3v) is 7.09. The molecule has 3 rings (SSSR count). The Morgan fingerprint density at radius 2 is 1.73 bits per heavy atom. The number of imidazole rings is 1. The van der Waals surface area contributed by atoms with Gasteiger partial charge in [-0.05, 0) is 43.2 Å². The Balaban J connectivity index is 2.02. The summed E-state index contributed by atoms with van der Waals surface area (Å²) in [7, 11) is -3.76. The highest BCUT2D eigenvalue weighted by atomic mass is 32.2. The maximum atomic E-state index is 13.0. The van der Waals surface area contributed by atoms with Crippen LogP contribution < -0.4 is 5.69 Å². The van der Waals surface area contributed by atoms with Crippen molar-refractivity contribution in [2.75, 3.05) is 0 Å². The summed E-state index contributed by atoms with van der Waals surface area (Å²) < 4.78 is 66.2. The number of aromatic nitrogens is 2. The first-order chi connectivity index (χ1) is 14.1. The van der Waals surface area contributed by atoms with E-state index in [0.29, 0.717) is 17.7 Å². The molecule has 2 aromatic carbocycles. The van der Waals surface area contributed by atoms with Crippen molar-refractivity contribution in [1.29, 1.82) is 0 Å². The van der Waals surface area contributed by atoms with Gasteiger partial charge in [0.05, 0.1) is 22.7 Å². The van der Waals surface area contributed by atoms with Gasteiger partial charge >= 0.3 is 11.9 Å². The maximum Gasteiger partial charge on any atom is 0.416 e. The number of hydrogen-bond acceptors (Lipinski definition) is 3. The van der Waals surface area contributed by atoms with Crippen molar-refractivity contribution in [2.45, 2.75) is 43.1 Å². The molecule has 0 saturated heterocycles. The summed E-state index contributed by atoms with van der Waals surface area (Å²) >= 11 is 0. The number of benzene rings is 2. The zero-order valence-corrected chi connectivity index (χ0v) is 17.2. The molecule has 1 atom stereocenters. The summed E-state index contributed by atoms with van der Waals surface area (Å²) in [6.45, 7) is 3.15. The first-order valence-electron chi connectivity index (χ1n) is 9.32. The van der Waals surface area contributed by atoms with Crippen molar-refractivity contribution in [3.8, 4) is 0 Å². The summed E-state index contributed by atoms with van der Waals surface area (Å²) in [6.07, 6.45) is -4.15. The number of aromatic amines is 1. The van der Waals surface area contributed by atoms with E-state index in [4.69, 9.17) is 0 Å². The Hall–Kier alpha value is -2.81. The highest BCUT2D eigenvalue weighted by Crippen LogP contribution is 2.31. The first kappa shape index (κ1) is 21.9. The second-order valence-corrected chi connectivity index (χ2v) is 9.20. The fourth-order valence-corrected chi connectivity index (χ4v) is 4.86. The molecule has 9 heteroatoms. The van der Waals surface area contributed by atoms with Crippen molar-refractivity contribution < 1.29 is 21.6 Å². The smallest absolute Gasteiger partial charge is 0.308 e. The fourth-order valence-electron chi connectivity index (χ4n) is 3.41. The molecule has 1 heterocycles. The zero-order chi connectivity index (χ0) is 22.1. The average molecular weight is 438 g/mol. The first-order valence-corrected chi connectivity index (χ1v) is 10.9. The molecule has 0 bridgehead atoms. The molecular weight excluding hydrogens is 417 g/mol. The van der Waals surface area contributed by atoms with E-state index in [0.717, 1.165) is 12.1 Å². The minimum Gasteiger partial charge on any atom is -0.308 e. The summed E-state index contributed by atoms with van der Waals surface area (Å²) in [6, 6.07) is 12.6. The number of halogens is 3. The summed E-state index contributed by atoms with van der Waals surface area (Å²) in [5.74, 6) is 0. The van der Waals surface area contributed by atoms with E-state index in [9.17, 15) is 26.4 Å². The van der Waals surface area contributed by atoms with Crippen LogP contribution in [0.4, 0.5) is 13.2 Å². The van der Waals surface area contributed by atoms with Crippen molar-refractivity contribution in [3.63, 3.8) is 0 Å². The normalized spacial score (nSPS) is 13.4. The molecule has 1 aromatic heterocycles. The Morgan fingerprint density at radius 1 is 1.07 bits per heavy atom. The standard InChI is InChI=1S/C21H21F3N2O3S/c1-3-18-19(14(2)30(28,29)17-10-5-4-6-11-17)25-20(27)26(18)13-15-8-7-9-16(12-15)21(22,23)24/h4-12,14H,3,13H2,1-2H3,(H,25,27). The van der Waals surface area contributed by atoms with Crippen LogP contribution in [0.1, 0.15) is 41.6 Å². The van der Waals surface area contributed by atoms with Gasteiger partial charge in [-0.25, -0.2) is 13.2 Å². The third-order valence-electron chi connectivity index (χ3n) is 5.00. The van der Waals surface area contributed by atoms with Crippen LogP contribution in [0.25, 0.3) is 0 Å². The summed E-state index contributed by atoms with van der Waals surface area (Å²) in [5, 5.41) is -1.02. The van der Waals surface area contributed by atoms with Crippen LogP contribution in [0.2, 0.25) is 0 Å². The summed E-state index contributed by atoms with van der Waals surface area (Å²) in [5.41, 5.74) is -0.371. The molecular formula is C21H21F3N2O3S. The van der Waals surface area contributed by atoms with Crippen molar-refractivity contribution in [1.82, 2.24) is 9.55 Å². The number of alkyl halides is 3. The zero-order valence-electron chi connectivity index (χ0n) is 16.4. The van der Waals surface area contributed by atoms with E-state index >= 15 is 0 Å². The molecule has 0 spiro atoms. The van der Waals surface area contributed by atoms with Crippen LogP contribution in [0.15, 0.2) is 64.3 Å². The van der Waals surface area contributed by atoms with Gasteiger partial charge in [0.15, 0.2) is 9.84 Å². The van der Waals surface area contributed by atoms with Crippen LogP contribution in [0.5, 0.6) is 0 Å². The largest absolute Gasteiger partial charge is 0.416 e. The van der Waals surface area contributed by atoms with Gasteiger partial charge in [0.2, 0.25) is 0 Å². The highest BCUT2D eigenvalue weighted by Gasteiger charge is 2.31. The number of sulfone groups is 1. The quantitative estimate of drug-likeness (QED) is 0.622. The number of nitrogens with one attached hydrogen (secondary N) is 1. The van der Waals surface area contributed by atoms with Crippen LogP contribution >= 0.6 is 0 Å². The van der Waals surface area contributed by atoms with Crippen molar-refractivity contribution >= 4 is 9.84 Å². The van der Waals surface area contributed by atoms with Gasteiger partial charge in [0.1, 0.15) is 5.25 Å². The molecule has 0 amide bonds. The van der Waals surface area contributed by atoms with Crippen LogP contribution in [0, 0.1) is 0 Å². The van der Waals surface area contributed by atoms with E-state index in [1.165, 1.54) is 35.8 Å². The Kier molecular flexibility index (Phi) is 5.94. The third kappa shape index (κ3) is 4.21. The lowest BCUT2D eigenvalue weighted by Crippen LogP contribution is -2.19. The van der Waals surface area contributed by atoms with E-state index < -0.39 is 32.5 Å². The Morgan fingerprint density at radius 3 is 2.33 bits per heavy atom. The molecule has 0 aliphatic carbocycles. The van der Waals surface area contributed by atoms with Gasteiger partial charge in [-0.1, -0.05) is 37.3 Å². The van der Waals surface area contributed by atoms with Gasteiger partial charge in [0, 0.05) is 5.69 Å². The van der Waals surface area contributed by atoms with Gasteiger partial charge < -0.3 is 4.98 Å². The Labute approximate surface area is 172 Å². The second-order valence-electron chi connectivity index (χ2n) is 6.93. The molecule has 0 fully saturated rings. The van der Waals surface area contributed by atoms with Crippen molar-refractivity contribution in [2.24, 2.45) is 0 Å². The van der Waals surface area contributed by atoms with Gasteiger partial charge in [-0.3, -0.25) is 4.57 Å². The number of hydrogen-bond donors (Lipinski definition) is 1. The predicted molar refractivity (Wildman–Crippen MR) is 107 cm³/mol. The number of nitrogens with zero attached hydrogens (tertiary/aromatic N) is 1. The number of rotatable bonds is 6. The monoisotopic (exact) mass is 438 g/mol. The van der Waals surface area contributed by atoms with E-state index in [-0.39, 0.29) is 17.1 Å². The molecule has 0 aliphatic heterocycles. The molecule has 3 aromatic rings. The van der Waals surface area contributed by atoms with Crippen LogP contribution in [-0.2, 0) is 29.0 Å². The average Bonchev–Trinajstić information content (AvgIpc) is 3.02. The number of H-pyrrole nitrogens is 1. The summed E-state index contributed by atoms with van der Waals surface area (Å²) in [4.78, 5) is 15.3. The van der Waals surface area contributed by atoms with Gasteiger partial charge in [-0.2, -0.15) is 13.2 Å². The molecule has 5 nitrogen and oxygen atoms in total. The maximum absolute atomic E-state index is 13.0. The second kappa shape index (κ2) is 8.14. The molecule has 160 valence electrons. The molecule has 1 N–H and O–H groups in total. The van der Waals surface area contributed by atoms with Gasteiger partial charge in [0.25, 0.3) is 0 Å². The van der Waals surface area contributed by atoms with Crippen molar-refractivity contribution in [3.05, 3.63) is 87.6 Å². The fraction of sp³-hybridized carbons (Fsp3) is 0.286. The topological polar surface area (TPSA) is 71.9 Å². The lowest BCUT2D eigenvalue weighted by molar-refractivity contribution is -0.137. The van der Waals surface area contributed by atoms with Crippen LogP contribution in [-0.4, -0.2) is 18.0 Å². The molecule has 1 unspecified atom stereocenters. The molecule has 0 saturated carbocycles. The van der Waals surface area contributed by atoms with E-state index in [1.54, 1.807) is 25.1 Å². The lowest BCUT2D eigenvalue weighted by atomic mass is 10.1. The SMILES string of the molecule is CCc1c(C(C)S(=O)(=O)c2ccccc2)[nH]c(=O)n1Cc1cccc(C(F)(F)F)c1. The molecule has 0 aliphatic rings. The highest BCUT2D eigenvalue weighted by molar-refractivity contribution is 7.91. The predicted octanol–water partition coefficient (Wildman–Crippen LogP) is 4.34. The minimum absolute atomic E-state index is 0.0967. The van der Waals surface area contributed by atoms with Gasteiger partial charge in [-0.15, -0.1) is 0 Å². The van der Waals surface area contributed by atoms with E-state index in [1.807, 2.05) is 0 Å². The minimum atomic E-state index is -4.49. The van der Waals surface area contributed by atoms with E-state index in [2.05, 4.69) is 4.98 Å². The Bertz CT molecular complexity index is 1200. The molecule has 0 radical (unpaired) electrons. The van der Waals surface area contributed by atoms with Crippen LogP contribution in [0.3, 0.4) is 0 Å². The lowest BCUT2D eigenvalue weighted by Gasteiger charge is -2.15. The molecule has 30 heavy (non-hydrogen) atoms.